The number of aliphatic carboxylic acids is 1. The summed E-state index contributed by atoms with van der Waals surface area (Å²) in [5, 5.41) is 9.24. The average Bonchev–Trinajstić information content (AvgIpc) is 2.93. The Balaban J connectivity index is 2.12. The predicted molar refractivity (Wildman–Crippen MR) is 72.4 cm³/mol. The summed E-state index contributed by atoms with van der Waals surface area (Å²) in [4.78, 5) is 24.7. The minimum atomic E-state index is -1.11. The number of hydrogen-bond acceptors (Lipinski definition) is 3. The Bertz CT molecular complexity index is 537. The first kappa shape index (κ1) is 13.9. The normalized spacial score (nSPS) is 23.2. The summed E-state index contributed by atoms with van der Waals surface area (Å²) in [5.74, 6) is -0.737. The van der Waals surface area contributed by atoms with Gasteiger partial charge < -0.3 is 14.4 Å². The first-order chi connectivity index (χ1) is 8.93. The number of carbonyl (C=O) groups excluding carboxylic acids is 1. The fraction of sp³-hybridized carbons (Fsp3) is 0.385. The molecule has 0 aliphatic carbocycles. The third kappa shape index (κ3) is 2.73. The minimum Gasteiger partial charge on any atom is -0.480 e. The van der Waals surface area contributed by atoms with Crippen molar-refractivity contribution in [3.8, 4) is 0 Å². The van der Waals surface area contributed by atoms with Gasteiger partial charge in [0.25, 0.3) is 0 Å². The number of hydrogen-bond donors (Lipinski definition) is 1. The molecule has 102 valence electrons. The van der Waals surface area contributed by atoms with E-state index < -0.39 is 11.5 Å². The third-order valence-electron chi connectivity index (χ3n) is 3.35. The SMILES string of the molecule is CC1(C(=O)O)CCCN1C(=O)C=Cc1ccc(Br)o1. The van der Waals surface area contributed by atoms with Crippen molar-refractivity contribution < 1.29 is 19.1 Å². The quantitative estimate of drug-likeness (QED) is 0.866. The maximum Gasteiger partial charge on any atom is 0.329 e. The highest BCUT2D eigenvalue weighted by Gasteiger charge is 2.45. The largest absolute Gasteiger partial charge is 0.480 e. The molecule has 1 aromatic rings. The molecule has 2 heterocycles. The molecule has 0 bridgehead atoms. The number of amides is 1. The van der Waals surface area contributed by atoms with Crippen molar-refractivity contribution in [2.24, 2.45) is 0 Å². The maximum absolute atomic E-state index is 12.1. The first-order valence-corrected chi connectivity index (χ1v) is 6.71. The van der Waals surface area contributed by atoms with Gasteiger partial charge >= 0.3 is 5.97 Å². The number of nitrogens with zero attached hydrogens (tertiary/aromatic N) is 1. The number of carbonyl (C=O) groups is 2. The number of halogens is 1. The zero-order valence-electron chi connectivity index (χ0n) is 10.4. The zero-order chi connectivity index (χ0) is 14.0. The van der Waals surface area contributed by atoms with Crippen molar-refractivity contribution >= 4 is 33.9 Å². The van der Waals surface area contributed by atoms with Gasteiger partial charge in [-0.3, -0.25) is 4.79 Å². The minimum absolute atomic E-state index is 0.310. The van der Waals surface area contributed by atoms with Crippen LogP contribution in [-0.2, 0) is 9.59 Å². The molecule has 1 aliphatic heterocycles. The summed E-state index contributed by atoms with van der Waals surface area (Å²) in [6, 6.07) is 3.44. The molecule has 1 unspecified atom stereocenters. The molecule has 0 radical (unpaired) electrons. The van der Waals surface area contributed by atoms with Crippen LogP contribution in [0.1, 0.15) is 25.5 Å². The Morgan fingerprint density at radius 3 is 2.84 bits per heavy atom. The molecular weight excluding hydrogens is 314 g/mol. The summed E-state index contributed by atoms with van der Waals surface area (Å²) >= 11 is 3.17. The van der Waals surface area contributed by atoms with E-state index in [1.54, 1.807) is 19.1 Å². The Hall–Kier alpha value is -1.56. The van der Waals surface area contributed by atoms with E-state index in [9.17, 15) is 14.7 Å². The molecule has 19 heavy (non-hydrogen) atoms. The van der Waals surface area contributed by atoms with Crippen LogP contribution in [0.2, 0.25) is 0 Å². The molecule has 1 amide bonds. The molecule has 1 saturated heterocycles. The van der Waals surface area contributed by atoms with Crippen LogP contribution in [0.4, 0.5) is 0 Å². The van der Waals surface area contributed by atoms with Crippen molar-refractivity contribution in [1.82, 2.24) is 4.90 Å². The lowest BCUT2D eigenvalue weighted by molar-refractivity contribution is -0.153. The van der Waals surface area contributed by atoms with Crippen LogP contribution in [0.25, 0.3) is 6.08 Å². The van der Waals surface area contributed by atoms with Crippen molar-refractivity contribution in [2.75, 3.05) is 6.54 Å². The Morgan fingerprint density at radius 2 is 2.26 bits per heavy atom. The summed E-state index contributed by atoms with van der Waals surface area (Å²) in [5.41, 5.74) is -1.11. The van der Waals surface area contributed by atoms with E-state index in [4.69, 9.17) is 4.42 Å². The van der Waals surface area contributed by atoms with Gasteiger partial charge in [-0.2, -0.15) is 0 Å². The van der Waals surface area contributed by atoms with Gasteiger partial charge in [0.1, 0.15) is 11.3 Å². The van der Waals surface area contributed by atoms with E-state index in [1.807, 2.05) is 0 Å². The average molecular weight is 328 g/mol. The first-order valence-electron chi connectivity index (χ1n) is 5.92. The van der Waals surface area contributed by atoms with Gasteiger partial charge in [0.05, 0.1) is 0 Å². The van der Waals surface area contributed by atoms with Crippen molar-refractivity contribution in [2.45, 2.75) is 25.3 Å². The topological polar surface area (TPSA) is 70.8 Å². The second-order valence-corrected chi connectivity index (χ2v) is 5.43. The summed E-state index contributed by atoms with van der Waals surface area (Å²) in [7, 11) is 0. The van der Waals surface area contributed by atoms with E-state index in [1.165, 1.54) is 17.1 Å². The lowest BCUT2D eigenvalue weighted by Crippen LogP contribution is -2.50. The number of carboxylic acid groups (broad SMARTS) is 1. The molecule has 0 saturated carbocycles. The van der Waals surface area contributed by atoms with Crippen molar-refractivity contribution in [3.63, 3.8) is 0 Å². The van der Waals surface area contributed by atoms with Crippen LogP contribution in [0.5, 0.6) is 0 Å². The highest BCUT2D eigenvalue weighted by atomic mass is 79.9. The summed E-state index contributed by atoms with van der Waals surface area (Å²) in [6.45, 7) is 2.05. The number of rotatable bonds is 3. The lowest BCUT2D eigenvalue weighted by atomic mass is 9.99. The van der Waals surface area contributed by atoms with E-state index >= 15 is 0 Å². The van der Waals surface area contributed by atoms with Gasteiger partial charge in [-0.1, -0.05) is 0 Å². The Labute approximate surface area is 119 Å². The molecule has 2 rings (SSSR count). The molecule has 1 N–H and O–H groups in total. The predicted octanol–water partition coefficient (Wildman–Crippen LogP) is 2.52. The lowest BCUT2D eigenvalue weighted by Gasteiger charge is -2.30. The van der Waals surface area contributed by atoms with Gasteiger partial charge in [-0.25, -0.2) is 4.79 Å². The Morgan fingerprint density at radius 1 is 1.53 bits per heavy atom. The maximum atomic E-state index is 12.1. The molecule has 0 aromatic carbocycles. The fourth-order valence-electron chi connectivity index (χ4n) is 2.20. The monoisotopic (exact) mass is 327 g/mol. The standard InChI is InChI=1S/C13H14BrNO4/c1-13(12(17)18)7-2-8-15(13)11(16)6-4-9-3-5-10(14)19-9/h3-6H,2,7-8H2,1H3,(H,17,18). The van der Waals surface area contributed by atoms with Crippen LogP contribution in [0.3, 0.4) is 0 Å². The van der Waals surface area contributed by atoms with Crippen LogP contribution in [0.15, 0.2) is 27.3 Å². The highest BCUT2D eigenvalue weighted by Crippen LogP contribution is 2.29. The number of likely N-dealkylation sites (tertiary alicyclic amines) is 1. The fourth-order valence-corrected chi connectivity index (χ4v) is 2.52. The second kappa shape index (κ2) is 5.21. The van der Waals surface area contributed by atoms with Crippen LogP contribution < -0.4 is 0 Å². The van der Waals surface area contributed by atoms with Crippen LogP contribution in [0, 0.1) is 0 Å². The Kier molecular flexibility index (Phi) is 3.80. The molecule has 1 aliphatic rings. The number of furan rings is 1. The molecule has 5 nitrogen and oxygen atoms in total. The van der Waals surface area contributed by atoms with Gasteiger partial charge in [-0.15, -0.1) is 0 Å². The van der Waals surface area contributed by atoms with Crippen LogP contribution in [-0.4, -0.2) is 34.0 Å². The molecular formula is C13H14BrNO4. The van der Waals surface area contributed by atoms with Gasteiger partial charge in [0.15, 0.2) is 4.67 Å². The van der Waals surface area contributed by atoms with Crippen molar-refractivity contribution in [1.29, 1.82) is 0 Å². The van der Waals surface area contributed by atoms with E-state index in [2.05, 4.69) is 15.9 Å². The van der Waals surface area contributed by atoms with Gasteiger partial charge in [0.2, 0.25) is 5.91 Å². The second-order valence-electron chi connectivity index (χ2n) is 4.65. The smallest absolute Gasteiger partial charge is 0.329 e. The molecule has 6 heteroatoms. The highest BCUT2D eigenvalue weighted by molar-refractivity contribution is 9.10. The van der Waals surface area contributed by atoms with Crippen molar-refractivity contribution in [3.05, 3.63) is 28.6 Å². The van der Waals surface area contributed by atoms with E-state index in [0.717, 1.165) is 0 Å². The molecule has 0 spiro atoms. The zero-order valence-corrected chi connectivity index (χ0v) is 12.0. The van der Waals surface area contributed by atoms with Crippen LogP contribution >= 0.6 is 15.9 Å². The molecule has 1 atom stereocenters. The van der Waals surface area contributed by atoms with Gasteiger partial charge in [-0.05, 0) is 53.9 Å². The third-order valence-corrected chi connectivity index (χ3v) is 3.78. The van der Waals surface area contributed by atoms with E-state index in [-0.39, 0.29) is 5.91 Å². The summed E-state index contributed by atoms with van der Waals surface area (Å²) in [6.07, 6.45) is 4.06. The van der Waals surface area contributed by atoms with E-state index in [0.29, 0.717) is 29.8 Å². The van der Waals surface area contributed by atoms with Gasteiger partial charge in [0, 0.05) is 12.6 Å². The summed E-state index contributed by atoms with van der Waals surface area (Å²) < 4.78 is 5.82. The number of carboxylic acids is 1. The molecule has 1 aromatic heterocycles. The molecule has 1 fully saturated rings.